The van der Waals surface area contributed by atoms with Crippen molar-refractivity contribution in [2.45, 2.75) is 52.5 Å². The van der Waals surface area contributed by atoms with Gasteiger partial charge in [0.2, 0.25) is 5.91 Å². The van der Waals surface area contributed by atoms with Gasteiger partial charge in [-0.25, -0.2) is 4.79 Å². The lowest BCUT2D eigenvalue weighted by molar-refractivity contribution is -0.145. The van der Waals surface area contributed by atoms with Crippen LogP contribution in [0.25, 0.3) is 0 Å². The molecule has 1 aliphatic heterocycles. The summed E-state index contributed by atoms with van der Waals surface area (Å²) in [6, 6.07) is -0.826. The van der Waals surface area contributed by atoms with E-state index in [1.54, 1.807) is 0 Å². The second-order valence-electron chi connectivity index (χ2n) is 6.44. The number of aliphatic carboxylic acids is 1. The highest BCUT2D eigenvalue weighted by Crippen LogP contribution is 2.21. The topological polar surface area (TPSA) is 78.4 Å². The number of carboxylic acids is 1. The Kier molecular flexibility index (Phi) is 5.79. The van der Waals surface area contributed by atoms with E-state index >= 15 is 0 Å². The van der Waals surface area contributed by atoms with Gasteiger partial charge in [0.05, 0.1) is 0 Å². The Hall–Kier alpha value is -1.10. The Balaban J connectivity index is 2.38. The van der Waals surface area contributed by atoms with Crippen LogP contribution in [0.3, 0.4) is 0 Å². The summed E-state index contributed by atoms with van der Waals surface area (Å²) in [6.07, 6.45) is 3.48. The fourth-order valence-corrected chi connectivity index (χ4v) is 2.39. The summed E-state index contributed by atoms with van der Waals surface area (Å²) in [5.74, 6) is -0.534. The van der Waals surface area contributed by atoms with Gasteiger partial charge >= 0.3 is 5.97 Å². The monoisotopic (exact) mass is 270 g/mol. The van der Waals surface area contributed by atoms with Crippen molar-refractivity contribution in [1.29, 1.82) is 0 Å². The maximum absolute atomic E-state index is 11.9. The fourth-order valence-electron chi connectivity index (χ4n) is 2.39. The minimum absolute atomic E-state index is 0.152. The van der Waals surface area contributed by atoms with E-state index in [-0.39, 0.29) is 5.91 Å². The largest absolute Gasteiger partial charge is 0.480 e. The first-order chi connectivity index (χ1) is 8.80. The highest BCUT2D eigenvalue weighted by atomic mass is 16.4. The van der Waals surface area contributed by atoms with Crippen molar-refractivity contribution in [3.05, 3.63) is 0 Å². The molecule has 1 amide bonds. The van der Waals surface area contributed by atoms with Crippen molar-refractivity contribution in [2.75, 3.05) is 13.1 Å². The smallest absolute Gasteiger partial charge is 0.326 e. The second-order valence-corrected chi connectivity index (χ2v) is 6.44. The summed E-state index contributed by atoms with van der Waals surface area (Å²) < 4.78 is 0. The summed E-state index contributed by atoms with van der Waals surface area (Å²) >= 11 is 0. The molecule has 1 fully saturated rings. The number of hydrogen-bond acceptors (Lipinski definition) is 3. The van der Waals surface area contributed by atoms with E-state index in [4.69, 9.17) is 5.11 Å². The first-order valence-corrected chi connectivity index (χ1v) is 7.03. The number of nitrogens with one attached hydrogen (secondary N) is 2. The van der Waals surface area contributed by atoms with Gasteiger partial charge in [0.15, 0.2) is 0 Å². The number of carbonyl (C=O) groups excluding carboxylic acids is 1. The number of carbonyl (C=O) groups is 2. The minimum Gasteiger partial charge on any atom is -0.480 e. The Morgan fingerprint density at radius 2 is 1.89 bits per heavy atom. The molecule has 1 saturated heterocycles. The quantitative estimate of drug-likeness (QED) is 0.705. The molecule has 0 saturated carbocycles. The summed E-state index contributed by atoms with van der Waals surface area (Å²) in [5.41, 5.74) is -0.476. The Bertz CT molecular complexity index is 317. The van der Waals surface area contributed by atoms with Crippen LogP contribution < -0.4 is 10.6 Å². The predicted molar refractivity (Wildman–Crippen MR) is 73.8 cm³/mol. The van der Waals surface area contributed by atoms with E-state index in [1.807, 2.05) is 20.8 Å². The molecular formula is C14H26N2O3. The van der Waals surface area contributed by atoms with Crippen LogP contribution in [-0.2, 0) is 9.59 Å². The molecule has 5 heteroatoms. The third-order valence-electron chi connectivity index (χ3n) is 3.66. The van der Waals surface area contributed by atoms with Crippen LogP contribution in [-0.4, -0.2) is 36.1 Å². The molecule has 19 heavy (non-hydrogen) atoms. The van der Waals surface area contributed by atoms with Crippen LogP contribution in [0.5, 0.6) is 0 Å². The number of piperidine rings is 1. The standard InChI is InChI=1S/C14H26N2O3/c1-14(2,3)12(13(18)19)16-11(17)5-4-10-6-8-15-9-7-10/h10,12,15H,4-9H2,1-3H3,(H,16,17)(H,18,19). The van der Waals surface area contributed by atoms with Crippen LogP contribution >= 0.6 is 0 Å². The van der Waals surface area contributed by atoms with Gasteiger partial charge in [-0.3, -0.25) is 4.79 Å². The molecule has 1 rings (SSSR count). The van der Waals surface area contributed by atoms with Crippen molar-refractivity contribution in [3.63, 3.8) is 0 Å². The average Bonchev–Trinajstić information content (AvgIpc) is 2.33. The van der Waals surface area contributed by atoms with Crippen LogP contribution in [0, 0.1) is 11.3 Å². The third kappa shape index (κ3) is 5.59. The van der Waals surface area contributed by atoms with Gasteiger partial charge < -0.3 is 15.7 Å². The first kappa shape index (κ1) is 16.0. The zero-order valence-corrected chi connectivity index (χ0v) is 12.2. The van der Waals surface area contributed by atoms with E-state index in [0.29, 0.717) is 12.3 Å². The summed E-state index contributed by atoms with van der Waals surface area (Å²) in [7, 11) is 0. The van der Waals surface area contributed by atoms with Gasteiger partial charge in [-0.2, -0.15) is 0 Å². The van der Waals surface area contributed by atoms with Gasteiger partial charge in [0, 0.05) is 6.42 Å². The zero-order chi connectivity index (χ0) is 14.5. The van der Waals surface area contributed by atoms with Crippen molar-refractivity contribution in [2.24, 2.45) is 11.3 Å². The lowest BCUT2D eigenvalue weighted by atomic mass is 9.86. The SMILES string of the molecule is CC(C)(C)C(NC(=O)CCC1CCNCC1)C(=O)O. The van der Waals surface area contributed by atoms with Crippen LogP contribution in [0.15, 0.2) is 0 Å². The molecule has 0 aromatic rings. The van der Waals surface area contributed by atoms with Crippen molar-refractivity contribution in [1.82, 2.24) is 10.6 Å². The van der Waals surface area contributed by atoms with Crippen LogP contribution in [0.4, 0.5) is 0 Å². The third-order valence-corrected chi connectivity index (χ3v) is 3.66. The predicted octanol–water partition coefficient (Wildman–Crippen LogP) is 1.38. The maximum atomic E-state index is 11.9. The molecule has 1 heterocycles. The molecule has 3 N–H and O–H groups in total. The Morgan fingerprint density at radius 1 is 1.32 bits per heavy atom. The highest BCUT2D eigenvalue weighted by molar-refractivity contribution is 5.84. The number of amides is 1. The first-order valence-electron chi connectivity index (χ1n) is 7.03. The highest BCUT2D eigenvalue weighted by Gasteiger charge is 2.32. The molecule has 1 aliphatic rings. The number of hydrogen-bond donors (Lipinski definition) is 3. The molecule has 5 nitrogen and oxygen atoms in total. The summed E-state index contributed by atoms with van der Waals surface area (Å²) in [4.78, 5) is 23.0. The van der Waals surface area contributed by atoms with Crippen LogP contribution in [0.1, 0.15) is 46.5 Å². The van der Waals surface area contributed by atoms with Gasteiger partial charge in [0.25, 0.3) is 0 Å². The Labute approximate surface area is 115 Å². The maximum Gasteiger partial charge on any atom is 0.326 e. The summed E-state index contributed by atoms with van der Waals surface area (Å²) in [5, 5.41) is 15.1. The minimum atomic E-state index is -0.970. The van der Waals surface area contributed by atoms with Crippen molar-refractivity contribution < 1.29 is 14.7 Å². The lowest BCUT2D eigenvalue weighted by Gasteiger charge is -2.28. The molecule has 0 spiro atoms. The van der Waals surface area contributed by atoms with E-state index in [0.717, 1.165) is 32.4 Å². The van der Waals surface area contributed by atoms with Gasteiger partial charge in [-0.1, -0.05) is 20.8 Å². The van der Waals surface area contributed by atoms with E-state index in [1.165, 1.54) is 0 Å². The summed E-state index contributed by atoms with van der Waals surface area (Å²) in [6.45, 7) is 7.49. The second kappa shape index (κ2) is 6.89. The van der Waals surface area contributed by atoms with E-state index in [2.05, 4.69) is 10.6 Å². The van der Waals surface area contributed by atoms with Crippen LogP contribution in [0.2, 0.25) is 0 Å². The molecule has 110 valence electrons. The number of rotatable bonds is 5. The molecule has 0 bridgehead atoms. The van der Waals surface area contributed by atoms with Crippen molar-refractivity contribution >= 4 is 11.9 Å². The molecule has 0 radical (unpaired) electrons. The van der Waals surface area contributed by atoms with Gasteiger partial charge in [0.1, 0.15) is 6.04 Å². The average molecular weight is 270 g/mol. The molecule has 0 aromatic heterocycles. The number of carboxylic acid groups (broad SMARTS) is 1. The molecular weight excluding hydrogens is 244 g/mol. The molecule has 0 aliphatic carbocycles. The van der Waals surface area contributed by atoms with Crippen molar-refractivity contribution in [3.8, 4) is 0 Å². The van der Waals surface area contributed by atoms with E-state index in [9.17, 15) is 9.59 Å². The molecule has 0 aromatic carbocycles. The fraction of sp³-hybridized carbons (Fsp3) is 0.857. The normalized spacial score (nSPS) is 18.9. The Morgan fingerprint density at radius 3 is 2.37 bits per heavy atom. The zero-order valence-electron chi connectivity index (χ0n) is 12.2. The van der Waals surface area contributed by atoms with E-state index < -0.39 is 17.4 Å². The lowest BCUT2D eigenvalue weighted by Crippen LogP contribution is -2.49. The molecule has 1 atom stereocenters. The molecule has 1 unspecified atom stereocenters. The van der Waals surface area contributed by atoms with Gasteiger partial charge in [-0.05, 0) is 43.7 Å². The van der Waals surface area contributed by atoms with Gasteiger partial charge in [-0.15, -0.1) is 0 Å².